The van der Waals surface area contributed by atoms with E-state index in [9.17, 15) is 39.6 Å². The topological polar surface area (TPSA) is 51.2 Å². The molecule has 0 atom stereocenters. The number of carbonyl (C=O) groups is 1. The van der Waals surface area contributed by atoms with Crippen LogP contribution in [0.2, 0.25) is 0 Å². The fraction of sp³-hybridized carbons (Fsp3) is 0.222. The van der Waals surface area contributed by atoms with Crippen LogP contribution < -0.4 is 0 Å². The number of benzene rings is 1. The molecular formula is C9H3ClF6O3S. The predicted molar refractivity (Wildman–Crippen MR) is 54.9 cm³/mol. The molecule has 1 aromatic rings. The molecule has 0 radical (unpaired) electrons. The van der Waals surface area contributed by atoms with Crippen molar-refractivity contribution in [1.29, 1.82) is 0 Å². The van der Waals surface area contributed by atoms with Gasteiger partial charge in [0.25, 0.3) is 9.05 Å². The first kappa shape index (κ1) is 16.8. The summed E-state index contributed by atoms with van der Waals surface area (Å²) in [5, 5.41) is 0. The van der Waals surface area contributed by atoms with Crippen LogP contribution in [0.4, 0.5) is 26.3 Å². The fourth-order valence-electron chi connectivity index (χ4n) is 1.37. The van der Waals surface area contributed by atoms with Crippen molar-refractivity contribution in [3.05, 3.63) is 28.8 Å². The average Bonchev–Trinajstić information content (AvgIpc) is 2.23. The fourth-order valence-corrected chi connectivity index (χ4v) is 2.42. The number of carbonyl (C=O) groups excluding carboxylic acids is 1. The van der Waals surface area contributed by atoms with Gasteiger partial charge in [0.2, 0.25) is 0 Å². The van der Waals surface area contributed by atoms with Gasteiger partial charge in [0.05, 0.1) is 16.0 Å². The zero-order valence-electron chi connectivity index (χ0n) is 9.01. The molecule has 112 valence electrons. The van der Waals surface area contributed by atoms with Gasteiger partial charge >= 0.3 is 12.4 Å². The number of aldehydes is 1. The Morgan fingerprint density at radius 2 is 1.35 bits per heavy atom. The Kier molecular flexibility index (Phi) is 4.12. The highest BCUT2D eigenvalue weighted by atomic mass is 35.7. The normalized spacial score (nSPS) is 13.3. The molecule has 0 saturated carbocycles. The lowest BCUT2D eigenvalue weighted by molar-refractivity contribution is -0.162. The zero-order chi connectivity index (χ0) is 15.9. The van der Waals surface area contributed by atoms with E-state index in [1.165, 1.54) is 0 Å². The maximum absolute atomic E-state index is 12.6. The van der Waals surface area contributed by atoms with Gasteiger partial charge in [0.15, 0.2) is 6.29 Å². The molecule has 0 aromatic heterocycles. The van der Waals surface area contributed by atoms with Crippen molar-refractivity contribution >= 4 is 26.0 Å². The van der Waals surface area contributed by atoms with E-state index in [1.54, 1.807) is 0 Å². The van der Waals surface area contributed by atoms with Crippen LogP contribution in [0.5, 0.6) is 0 Å². The van der Waals surface area contributed by atoms with Gasteiger partial charge in [0, 0.05) is 16.2 Å². The first-order chi connectivity index (χ1) is 8.78. The summed E-state index contributed by atoms with van der Waals surface area (Å²) in [6.07, 6.45) is -11.2. The molecule has 0 heterocycles. The summed E-state index contributed by atoms with van der Waals surface area (Å²) >= 11 is 0. The highest BCUT2D eigenvalue weighted by Gasteiger charge is 2.44. The number of hydrogen-bond donors (Lipinski definition) is 0. The molecule has 1 rings (SSSR count). The third-order valence-electron chi connectivity index (χ3n) is 2.15. The third-order valence-corrected chi connectivity index (χ3v) is 3.53. The Hall–Kier alpha value is -1.29. The molecule has 0 fully saturated rings. The number of rotatable bonds is 2. The summed E-state index contributed by atoms with van der Waals surface area (Å²) in [4.78, 5) is 9.20. The van der Waals surface area contributed by atoms with Crippen LogP contribution in [0.25, 0.3) is 0 Å². The quantitative estimate of drug-likeness (QED) is 0.470. The Labute approximate surface area is 112 Å². The Balaban J connectivity index is 3.86. The van der Waals surface area contributed by atoms with Gasteiger partial charge in [-0.2, -0.15) is 26.3 Å². The first-order valence-electron chi connectivity index (χ1n) is 4.50. The van der Waals surface area contributed by atoms with Crippen molar-refractivity contribution in [3.8, 4) is 0 Å². The number of hydrogen-bond acceptors (Lipinski definition) is 3. The van der Waals surface area contributed by atoms with E-state index >= 15 is 0 Å². The molecule has 0 aliphatic carbocycles. The monoisotopic (exact) mass is 340 g/mol. The van der Waals surface area contributed by atoms with Crippen molar-refractivity contribution in [3.63, 3.8) is 0 Å². The maximum atomic E-state index is 12.6. The molecule has 0 unspecified atom stereocenters. The van der Waals surface area contributed by atoms with Gasteiger partial charge in [-0.3, -0.25) is 4.79 Å². The lowest BCUT2D eigenvalue weighted by atomic mass is 10.0. The van der Waals surface area contributed by atoms with Crippen LogP contribution in [0.15, 0.2) is 17.0 Å². The van der Waals surface area contributed by atoms with Crippen LogP contribution >= 0.6 is 10.7 Å². The highest BCUT2D eigenvalue weighted by molar-refractivity contribution is 8.13. The standard InChI is InChI=1S/C9H3ClF6O3S/c10-20(18,19)7-2-6(9(14,15)16)5(8(11,12)13)1-4(7)3-17/h1-3H. The van der Waals surface area contributed by atoms with Gasteiger partial charge in [-0.25, -0.2) is 8.42 Å². The van der Waals surface area contributed by atoms with Gasteiger partial charge < -0.3 is 0 Å². The lowest BCUT2D eigenvalue weighted by Crippen LogP contribution is -2.18. The Bertz CT molecular complexity index is 647. The molecule has 20 heavy (non-hydrogen) atoms. The van der Waals surface area contributed by atoms with Crippen molar-refractivity contribution in [2.75, 3.05) is 0 Å². The van der Waals surface area contributed by atoms with Crippen LogP contribution in [0, 0.1) is 0 Å². The Morgan fingerprint density at radius 3 is 1.65 bits per heavy atom. The zero-order valence-corrected chi connectivity index (χ0v) is 10.6. The van der Waals surface area contributed by atoms with E-state index in [0.29, 0.717) is 0 Å². The summed E-state index contributed by atoms with van der Waals surface area (Å²) in [5.74, 6) is 0. The van der Waals surface area contributed by atoms with E-state index in [4.69, 9.17) is 10.7 Å². The molecule has 0 bridgehead atoms. The van der Waals surface area contributed by atoms with E-state index in [1.807, 2.05) is 0 Å². The summed E-state index contributed by atoms with van der Waals surface area (Å²) in [6.45, 7) is 0. The van der Waals surface area contributed by atoms with Gasteiger partial charge in [-0.1, -0.05) is 0 Å². The summed E-state index contributed by atoms with van der Waals surface area (Å²) < 4.78 is 97.3. The molecule has 0 N–H and O–H groups in total. The van der Waals surface area contributed by atoms with Crippen LogP contribution in [0.1, 0.15) is 21.5 Å². The largest absolute Gasteiger partial charge is 0.417 e. The summed E-state index contributed by atoms with van der Waals surface area (Å²) in [7, 11) is -0.0211. The molecule has 1 aromatic carbocycles. The molecule has 0 aliphatic rings. The molecule has 3 nitrogen and oxygen atoms in total. The van der Waals surface area contributed by atoms with Crippen LogP contribution in [-0.2, 0) is 21.4 Å². The molecule has 0 saturated heterocycles. The molecule has 0 amide bonds. The van der Waals surface area contributed by atoms with Crippen molar-refractivity contribution in [2.45, 2.75) is 17.2 Å². The molecular weight excluding hydrogens is 338 g/mol. The molecule has 11 heteroatoms. The third kappa shape index (κ3) is 3.42. The van der Waals surface area contributed by atoms with Crippen molar-refractivity contribution in [2.24, 2.45) is 0 Å². The highest BCUT2D eigenvalue weighted by Crippen LogP contribution is 2.42. The van der Waals surface area contributed by atoms with E-state index in [0.717, 1.165) is 0 Å². The second kappa shape index (κ2) is 4.92. The predicted octanol–water partition coefficient (Wildman–Crippen LogP) is 3.46. The summed E-state index contributed by atoms with van der Waals surface area (Å²) in [5.41, 5.74) is -5.52. The second-order valence-electron chi connectivity index (χ2n) is 3.49. The van der Waals surface area contributed by atoms with E-state index in [2.05, 4.69) is 0 Å². The van der Waals surface area contributed by atoms with E-state index < -0.39 is 43.0 Å². The van der Waals surface area contributed by atoms with Gasteiger partial charge in [-0.05, 0) is 12.1 Å². The minimum absolute atomic E-state index is 0.203. The van der Waals surface area contributed by atoms with Crippen LogP contribution in [0.3, 0.4) is 0 Å². The molecule has 0 spiro atoms. The Morgan fingerprint density at radius 1 is 0.950 bits per heavy atom. The lowest BCUT2D eigenvalue weighted by Gasteiger charge is -2.17. The number of alkyl halides is 6. The molecule has 0 aliphatic heterocycles. The van der Waals surface area contributed by atoms with Crippen molar-refractivity contribution < 1.29 is 39.6 Å². The smallest absolute Gasteiger partial charge is 0.298 e. The van der Waals surface area contributed by atoms with Crippen LogP contribution in [-0.4, -0.2) is 14.7 Å². The minimum atomic E-state index is -5.47. The van der Waals surface area contributed by atoms with Crippen molar-refractivity contribution in [1.82, 2.24) is 0 Å². The number of halogens is 7. The average molecular weight is 341 g/mol. The van der Waals surface area contributed by atoms with E-state index in [-0.39, 0.29) is 18.4 Å². The first-order valence-corrected chi connectivity index (χ1v) is 6.81. The maximum Gasteiger partial charge on any atom is 0.417 e. The SMILES string of the molecule is O=Cc1cc(C(F)(F)F)c(C(F)(F)F)cc1S(=O)(=O)Cl. The van der Waals surface area contributed by atoms with Gasteiger partial charge in [-0.15, -0.1) is 0 Å². The second-order valence-corrected chi connectivity index (χ2v) is 6.02. The minimum Gasteiger partial charge on any atom is -0.298 e. The van der Waals surface area contributed by atoms with Gasteiger partial charge in [0.1, 0.15) is 0 Å². The summed E-state index contributed by atoms with van der Waals surface area (Å²) in [6, 6.07) is -0.514.